The van der Waals surface area contributed by atoms with E-state index in [1.807, 2.05) is 7.05 Å². The molecule has 1 aliphatic heterocycles. The number of halogens is 2. The number of benzene rings is 1. The van der Waals surface area contributed by atoms with Gasteiger partial charge in [-0.1, -0.05) is 17.7 Å². The maximum absolute atomic E-state index is 13.3. The molecule has 5 heteroatoms. The molecule has 0 bridgehead atoms. The Bertz CT molecular complexity index is 453. The minimum Gasteiger partial charge on any atom is -0.374 e. The maximum Gasteiger partial charge on any atom is 0.124 e. The van der Waals surface area contributed by atoms with Crippen molar-refractivity contribution in [2.24, 2.45) is 0 Å². The molecule has 0 spiro atoms. The molecule has 2 atom stereocenters. The van der Waals surface area contributed by atoms with Crippen molar-refractivity contribution in [3.8, 4) is 0 Å². The molecule has 1 heterocycles. The van der Waals surface area contributed by atoms with Crippen molar-refractivity contribution in [1.82, 2.24) is 10.2 Å². The summed E-state index contributed by atoms with van der Waals surface area (Å²) >= 11 is 6.26. The summed E-state index contributed by atoms with van der Waals surface area (Å²) in [6.45, 7) is 6.62. The van der Waals surface area contributed by atoms with Gasteiger partial charge in [0.15, 0.2) is 0 Å². The third-order valence-corrected chi connectivity index (χ3v) is 4.07. The first kappa shape index (κ1) is 15.7. The Hall–Kier alpha value is -0.680. The smallest absolute Gasteiger partial charge is 0.124 e. The number of rotatable bonds is 4. The van der Waals surface area contributed by atoms with E-state index in [-0.39, 0.29) is 18.0 Å². The molecule has 1 aliphatic rings. The van der Waals surface area contributed by atoms with Crippen LogP contribution in [0.15, 0.2) is 18.2 Å². The van der Waals surface area contributed by atoms with Crippen molar-refractivity contribution >= 4 is 11.6 Å². The van der Waals surface area contributed by atoms with Gasteiger partial charge in [-0.3, -0.25) is 4.90 Å². The summed E-state index contributed by atoms with van der Waals surface area (Å²) in [4.78, 5) is 2.37. The van der Waals surface area contributed by atoms with E-state index in [1.165, 1.54) is 12.1 Å². The van der Waals surface area contributed by atoms with Crippen LogP contribution in [0.1, 0.15) is 25.5 Å². The predicted molar refractivity (Wildman–Crippen MR) is 79.7 cm³/mol. The Morgan fingerprint density at radius 3 is 2.85 bits per heavy atom. The van der Waals surface area contributed by atoms with E-state index in [2.05, 4.69) is 24.1 Å². The molecule has 0 radical (unpaired) electrons. The monoisotopic (exact) mass is 300 g/mol. The van der Waals surface area contributed by atoms with Crippen molar-refractivity contribution in [3.05, 3.63) is 34.6 Å². The van der Waals surface area contributed by atoms with E-state index in [4.69, 9.17) is 16.3 Å². The SMILES string of the molecule is CNCC1OCCN(C(C)C)C1c1ccc(F)cc1Cl. The zero-order valence-electron chi connectivity index (χ0n) is 12.2. The molecule has 0 aromatic heterocycles. The Kier molecular flexibility index (Phi) is 5.38. The molecule has 1 saturated heterocycles. The zero-order chi connectivity index (χ0) is 14.7. The fourth-order valence-electron chi connectivity index (χ4n) is 2.82. The molecule has 2 rings (SSSR count). The highest BCUT2D eigenvalue weighted by Gasteiger charge is 2.35. The van der Waals surface area contributed by atoms with E-state index in [0.29, 0.717) is 17.7 Å². The van der Waals surface area contributed by atoms with E-state index < -0.39 is 0 Å². The number of hydrogen-bond donors (Lipinski definition) is 1. The average Bonchev–Trinajstić information content (AvgIpc) is 2.39. The number of likely N-dealkylation sites (N-methyl/N-ethyl adjacent to an activating group) is 1. The van der Waals surface area contributed by atoms with E-state index in [1.54, 1.807) is 6.07 Å². The molecule has 20 heavy (non-hydrogen) atoms. The molecule has 1 N–H and O–H groups in total. The maximum atomic E-state index is 13.3. The van der Waals surface area contributed by atoms with Crippen LogP contribution in [0.3, 0.4) is 0 Å². The number of morpholine rings is 1. The fourth-order valence-corrected chi connectivity index (χ4v) is 3.10. The van der Waals surface area contributed by atoms with Crippen molar-refractivity contribution < 1.29 is 9.13 Å². The lowest BCUT2D eigenvalue weighted by atomic mass is 9.96. The van der Waals surface area contributed by atoms with Gasteiger partial charge in [-0.05, 0) is 38.6 Å². The average molecular weight is 301 g/mol. The van der Waals surface area contributed by atoms with Gasteiger partial charge < -0.3 is 10.1 Å². The molecular formula is C15H22ClFN2O. The highest BCUT2D eigenvalue weighted by molar-refractivity contribution is 6.31. The van der Waals surface area contributed by atoms with Crippen LogP contribution in [-0.2, 0) is 4.74 Å². The summed E-state index contributed by atoms with van der Waals surface area (Å²) in [6, 6.07) is 5.04. The first-order valence-corrected chi connectivity index (χ1v) is 7.39. The molecule has 112 valence electrons. The molecule has 0 saturated carbocycles. The van der Waals surface area contributed by atoms with Crippen LogP contribution < -0.4 is 5.32 Å². The lowest BCUT2D eigenvalue weighted by Crippen LogP contribution is -2.51. The van der Waals surface area contributed by atoms with Gasteiger partial charge in [0, 0.05) is 24.2 Å². The van der Waals surface area contributed by atoms with Crippen LogP contribution in [0, 0.1) is 5.82 Å². The van der Waals surface area contributed by atoms with Gasteiger partial charge in [-0.2, -0.15) is 0 Å². The van der Waals surface area contributed by atoms with Crippen molar-refractivity contribution in [3.63, 3.8) is 0 Å². The van der Waals surface area contributed by atoms with Crippen LogP contribution in [0.2, 0.25) is 5.02 Å². The lowest BCUT2D eigenvalue weighted by Gasteiger charge is -2.44. The zero-order valence-corrected chi connectivity index (χ0v) is 13.0. The van der Waals surface area contributed by atoms with Gasteiger partial charge in [0.25, 0.3) is 0 Å². The Balaban J connectivity index is 2.37. The Morgan fingerprint density at radius 2 is 2.25 bits per heavy atom. The third kappa shape index (κ3) is 3.31. The minimum atomic E-state index is -0.309. The number of ether oxygens (including phenoxy) is 1. The molecule has 1 aromatic rings. The second-order valence-electron chi connectivity index (χ2n) is 5.41. The summed E-state index contributed by atoms with van der Waals surface area (Å²) in [5.74, 6) is -0.309. The van der Waals surface area contributed by atoms with E-state index in [9.17, 15) is 4.39 Å². The highest BCUT2D eigenvalue weighted by atomic mass is 35.5. The van der Waals surface area contributed by atoms with E-state index >= 15 is 0 Å². The van der Waals surface area contributed by atoms with Gasteiger partial charge in [0.2, 0.25) is 0 Å². The standard InChI is InChI=1S/C15H22ClFN2O/c1-10(2)19-6-7-20-14(9-18-3)15(19)12-5-4-11(17)8-13(12)16/h4-5,8,10,14-15,18H,6-7,9H2,1-3H3. The minimum absolute atomic E-state index is 0.0131. The summed E-state index contributed by atoms with van der Waals surface area (Å²) in [7, 11) is 1.90. The number of nitrogens with one attached hydrogen (secondary N) is 1. The number of nitrogens with zero attached hydrogens (tertiary/aromatic N) is 1. The highest BCUT2D eigenvalue weighted by Crippen LogP contribution is 2.35. The molecule has 1 aromatic carbocycles. The van der Waals surface area contributed by atoms with Crippen molar-refractivity contribution in [2.75, 3.05) is 26.7 Å². The molecule has 1 fully saturated rings. The van der Waals surface area contributed by atoms with Crippen LogP contribution in [0.5, 0.6) is 0 Å². The van der Waals surface area contributed by atoms with Gasteiger partial charge >= 0.3 is 0 Å². The van der Waals surface area contributed by atoms with Gasteiger partial charge in [0.05, 0.1) is 18.8 Å². The second-order valence-corrected chi connectivity index (χ2v) is 5.82. The predicted octanol–water partition coefficient (Wildman–Crippen LogP) is 2.85. The first-order chi connectivity index (χ1) is 9.54. The van der Waals surface area contributed by atoms with Crippen LogP contribution in [-0.4, -0.2) is 43.8 Å². The van der Waals surface area contributed by atoms with Gasteiger partial charge in [-0.25, -0.2) is 4.39 Å². The van der Waals surface area contributed by atoms with E-state index in [0.717, 1.165) is 18.7 Å². The summed E-state index contributed by atoms with van der Waals surface area (Å²) in [5.41, 5.74) is 0.932. The van der Waals surface area contributed by atoms with Crippen LogP contribution >= 0.6 is 11.6 Å². The van der Waals surface area contributed by atoms with Gasteiger partial charge in [0.1, 0.15) is 5.82 Å². The molecular weight excluding hydrogens is 279 g/mol. The topological polar surface area (TPSA) is 24.5 Å². The first-order valence-electron chi connectivity index (χ1n) is 7.01. The van der Waals surface area contributed by atoms with Crippen LogP contribution in [0.4, 0.5) is 4.39 Å². The third-order valence-electron chi connectivity index (χ3n) is 3.74. The quantitative estimate of drug-likeness (QED) is 0.925. The molecule has 0 amide bonds. The second kappa shape index (κ2) is 6.85. The summed E-state index contributed by atoms with van der Waals surface area (Å²) in [5, 5.41) is 3.62. The van der Waals surface area contributed by atoms with Gasteiger partial charge in [-0.15, -0.1) is 0 Å². The fraction of sp³-hybridized carbons (Fsp3) is 0.600. The molecule has 0 aliphatic carbocycles. The molecule has 2 unspecified atom stereocenters. The molecule has 3 nitrogen and oxygen atoms in total. The largest absolute Gasteiger partial charge is 0.374 e. The normalized spacial score (nSPS) is 24.3. The number of hydrogen-bond acceptors (Lipinski definition) is 3. The Morgan fingerprint density at radius 1 is 1.50 bits per heavy atom. The van der Waals surface area contributed by atoms with Crippen molar-refractivity contribution in [2.45, 2.75) is 32.0 Å². The summed E-state index contributed by atoms with van der Waals surface area (Å²) < 4.78 is 19.2. The van der Waals surface area contributed by atoms with Crippen LogP contribution in [0.25, 0.3) is 0 Å². The Labute approximate surface area is 125 Å². The summed E-state index contributed by atoms with van der Waals surface area (Å²) in [6.07, 6.45) is 0.0131. The lowest BCUT2D eigenvalue weighted by molar-refractivity contribution is -0.0815. The van der Waals surface area contributed by atoms with Crippen molar-refractivity contribution in [1.29, 1.82) is 0 Å².